The topological polar surface area (TPSA) is 41.6 Å². The molecule has 3 rings (SSSR count). The van der Waals surface area contributed by atoms with E-state index in [0.717, 1.165) is 22.0 Å². The Balaban J connectivity index is 2.30. The number of hydrogen-bond donors (Lipinski definition) is 1. The Morgan fingerprint density at radius 3 is 2.71 bits per heavy atom. The molecule has 0 bridgehead atoms. The van der Waals surface area contributed by atoms with Crippen LogP contribution in [0.5, 0.6) is 0 Å². The maximum Gasteiger partial charge on any atom is 0.119 e. The monoisotopic (exact) mass is 239 g/mol. The van der Waals surface area contributed by atoms with Gasteiger partial charge in [-0.2, -0.15) is 5.10 Å². The van der Waals surface area contributed by atoms with Gasteiger partial charge in [0.25, 0.3) is 0 Å². The molecule has 0 aliphatic heterocycles. The van der Waals surface area contributed by atoms with Crippen molar-refractivity contribution in [2.75, 3.05) is 0 Å². The van der Waals surface area contributed by atoms with Gasteiger partial charge in [0.2, 0.25) is 0 Å². The molecule has 0 atom stereocenters. The van der Waals surface area contributed by atoms with Crippen molar-refractivity contribution in [1.29, 1.82) is 0 Å². The van der Waals surface area contributed by atoms with Crippen LogP contribution in [-0.4, -0.2) is 15.2 Å². The van der Waals surface area contributed by atoms with Gasteiger partial charge >= 0.3 is 0 Å². The van der Waals surface area contributed by atoms with Crippen molar-refractivity contribution >= 4 is 23.0 Å². The quantitative estimate of drug-likeness (QED) is 0.662. The third kappa shape index (κ3) is 1.83. The van der Waals surface area contributed by atoms with Crippen molar-refractivity contribution in [3.63, 3.8) is 0 Å². The van der Waals surface area contributed by atoms with Crippen LogP contribution in [0, 0.1) is 4.64 Å². The Labute approximate surface area is 103 Å². The SMILES string of the molecule is S=c1ccc(-c2cncc3ccccc23)n[nH]1. The van der Waals surface area contributed by atoms with Crippen LogP contribution >= 0.6 is 12.2 Å². The van der Waals surface area contributed by atoms with Gasteiger partial charge in [0.1, 0.15) is 4.64 Å². The fourth-order valence-electron chi connectivity index (χ4n) is 1.82. The highest BCUT2D eigenvalue weighted by molar-refractivity contribution is 7.71. The summed E-state index contributed by atoms with van der Waals surface area (Å²) < 4.78 is 0.627. The van der Waals surface area contributed by atoms with Crippen LogP contribution in [0.2, 0.25) is 0 Å². The van der Waals surface area contributed by atoms with Gasteiger partial charge in [0.05, 0.1) is 5.69 Å². The summed E-state index contributed by atoms with van der Waals surface area (Å²) in [6.45, 7) is 0. The van der Waals surface area contributed by atoms with Gasteiger partial charge < -0.3 is 0 Å². The molecule has 0 aliphatic rings. The zero-order valence-corrected chi connectivity index (χ0v) is 9.74. The van der Waals surface area contributed by atoms with Crippen LogP contribution in [0.15, 0.2) is 48.8 Å². The number of benzene rings is 1. The summed E-state index contributed by atoms with van der Waals surface area (Å²) in [5.74, 6) is 0. The first kappa shape index (κ1) is 10.1. The van der Waals surface area contributed by atoms with E-state index >= 15 is 0 Å². The number of rotatable bonds is 1. The van der Waals surface area contributed by atoms with E-state index in [1.165, 1.54) is 0 Å². The Hall–Kier alpha value is -2.07. The normalized spacial score (nSPS) is 10.6. The van der Waals surface area contributed by atoms with Crippen LogP contribution < -0.4 is 0 Å². The van der Waals surface area contributed by atoms with Gasteiger partial charge in [-0.1, -0.05) is 36.5 Å². The van der Waals surface area contributed by atoms with Crippen molar-refractivity contribution in [3.05, 3.63) is 53.4 Å². The van der Waals surface area contributed by atoms with Gasteiger partial charge in [0.15, 0.2) is 0 Å². The minimum atomic E-state index is 0.627. The number of H-pyrrole nitrogens is 1. The van der Waals surface area contributed by atoms with Gasteiger partial charge in [0, 0.05) is 23.3 Å². The smallest absolute Gasteiger partial charge is 0.119 e. The second kappa shape index (κ2) is 4.07. The predicted octanol–water partition coefficient (Wildman–Crippen LogP) is 3.35. The van der Waals surface area contributed by atoms with Gasteiger partial charge in [-0.15, -0.1) is 0 Å². The van der Waals surface area contributed by atoms with Crippen LogP contribution in [0.25, 0.3) is 22.0 Å². The number of hydrogen-bond acceptors (Lipinski definition) is 3. The number of fused-ring (bicyclic) bond motifs is 1. The molecule has 0 fully saturated rings. The van der Waals surface area contributed by atoms with Crippen LogP contribution in [0.4, 0.5) is 0 Å². The lowest BCUT2D eigenvalue weighted by Crippen LogP contribution is -1.89. The highest BCUT2D eigenvalue weighted by Gasteiger charge is 2.04. The Bertz CT molecular complexity index is 708. The highest BCUT2D eigenvalue weighted by atomic mass is 32.1. The number of pyridine rings is 1. The Morgan fingerprint density at radius 1 is 1.00 bits per heavy atom. The van der Waals surface area contributed by atoms with E-state index in [9.17, 15) is 0 Å². The second-order valence-electron chi connectivity index (χ2n) is 3.71. The maximum atomic E-state index is 4.98. The fraction of sp³-hybridized carbons (Fsp3) is 0. The summed E-state index contributed by atoms with van der Waals surface area (Å²) in [6.07, 6.45) is 3.67. The van der Waals surface area contributed by atoms with Gasteiger partial charge in [-0.25, -0.2) is 0 Å². The molecule has 82 valence electrons. The second-order valence-corrected chi connectivity index (χ2v) is 4.15. The van der Waals surface area contributed by atoms with Gasteiger partial charge in [-0.05, 0) is 17.5 Å². The minimum absolute atomic E-state index is 0.627. The summed E-state index contributed by atoms with van der Waals surface area (Å²) >= 11 is 4.98. The number of nitrogens with one attached hydrogen (secondary N) is 1. The van der Waals surface area contributed by atoms with Crippen molar-refractivity contribution in [3.8, 4) is 11.3 Å². The first-order valence-corrected chi connectivity index (χ1v) is 5.64. The van der Waals surface area contributed by atoms with Crippen molar-refractivity contribution in [2.24, 2.45) is 0 Å². The number of aromatic nitrogens is 3. The van der Waals surface area contributed by atoms with E-state index in [-0.39, 0.29) is 0 Å². The zero-order chi connectivity index (χ0) is 11.7. The van der Waals surface area contributed by atoms with Gasteiger partial charge in [-0.3, -0.25) is 10.1 Å². The molecule has 1 aromatic carbocycles. The van der Waals surface area contributed by atoms with E-state index in [2.05, 4.69) is 21.2 Å². The molecule has 17 heavy (non-hydrogen) atoms. The molecular formula is C13H9N3S. The lowest BCUT2D eigenvalue weighted by molar-refractivity contribution is 1.02. The molecule has 2 heterocycles. The molecule has 4 heteroatoms. The third-order valence-electron chi connectivity index (χ3n) is 2.62. The van der Waals surface area contributed by atoms with Crippen molar-refractivity contribution in [1.82, 2.24) is 15.2 Å². The van der Waals surface area contributed by atoms with E-state index in [0.29, 0.717) is 4.64 Å². The van der Waals surface area contributed by atoms with E-state index < -0.39 is 0 Å². The predicted molar refractivity (Wildman–Crippen MR) is 70.2 cm³/mol. The van der Waals surface area contributed by atoms with Crippen LogP contribution in [0.3, 0.4) is 0 Å². The summed E-state index contributed by atoms with van der Waals surface area (Å²) in [5, 5.41) is 9.27. The number of aromatic amines is 1. The first-order chi connectivity index (χ1) is 8.34. The third-order valence-corrected chi connectivity index (χ3v) is 2.85. The molecule has 0 aliphatic carbocycles. The molecule has 0 unspecified atom stereocenters. The summed E-state index contributed by atoms with van der Waals surface area (Å²) in [6, 6.07) is 11.9. The summed E-state index contributed by atoms with van der Waals surface area (Å²) in [7, 11) is 0. The standard InChI is InChI=1S/C13H9N3S/c17-13-6-5-12(15-16-13)11-8-14-7-9-3-1-2-4-10(9)11/h1-8H,(H,16,17). The zero-order valence-electron chi connectivity index (χ0n) is 8.92. The van der Waals surface area contributed by atoms with Crippen LogP contribution in [0.1, 0.15) is 0 Å². The largest absolute Gasteiger partial charge is 0.267 e. The first-order valence-electron chi connectivity index (χ1n) is 5.23. The lowest BCUT2D eigenvalue weighted by atomic mass is 10.1. The molecular weight excluding hydrogens is 230 g/mol. The lowest BCUT2D eigenvalue weighted by Gasteiger charge is -2.04. The molecule has 0 spiro atoms. The van der Waals surface area contributed by atoms with E-state index in [4.69, 9.17) is 12.2 Å². The number of nitrogens with zero attached hydrogens (tertiary/aromatic N) is 2. The van der Waals surface area contributed by atoms with Crippen molar-refractivity contribution in [2.45, 2.75) is 0 Å². The molecule has 3 nitrogen and oxygen atoms in total. The molecule has 0 saturated carbocycles. The fourth-order valence-corrected chi connectivity index (χ4v) is 1.93. The average molecular weight is 239 g/mol. The summed E-state index contributed by atoms with van der Waals surface area (Å²) in [5.41, 5.74) is 1.86. The molecule has 1 N–H and O–H groups in total. The van der Waals surface area contributed by atoms with Crippen molar-refractivity contribution < 1.29 is 0 Å². The Morgan fingerprint density at radius 2 is 1.88 bits per heavy atom. The molecule has 0 amide bonds. The average Bonchev–Trinajstić information content (AvgIpc) is 2.39. The summed E-state index contributed by atoms with van der Waals surface area (Å²) in [4.78, 5) is 4.23. The molecule has 0 saturated heterocycles. The van der Waals surface area contributed by atoms with E-state index in [1.807, 2.05) is 42.7 Å². The maximum absolute atomic E-state index is 4.98. The Kier molecular flexibility index (Phi) is 2.42. The molecule has 3 aromatic rings. The molecule has 0 radical (unpaired) electrons. The van der Waals surface area contributed by atoms with Crippen LogP contribution in [-0.2, 0) is 0 Å². The minimum Gasteiger partial charge on any atom is -0.267 e. The molecule has 2 aromatic heterocycles. The highest BCUT2D eigenvalue weighted by Crippen LogP contribution is 2.25. The van der Waals surface area contributed by atoms with E-state index in [1.54, 1.807) is 0 Å².